The molecular weight excluding hydrogens is 316 g/mol. The van der Waals surface area contributed by atoms with Crippen molar-refractivity contribution in [1.29, 1.82) is 0 Å². The Hall–Kier alpha value is -3.15. The number of nitrogens with zero attached hydrogens (tertiary/aromatic N) is 3. The molecule has 0 fully saturated rings. The molecule has 6 heteroatoms. The Bertz CT molecular complexity index is 902. The highest BCUT2D eigenvalue weighted by molar-refractivity contribution is 5.91. The molecular formula is C19H20N4O2. The first kappa shape index (κ1) is 16.7. The normalized spacial score (nSPS) is 10.5. The Balaban J connectivity index is 1.69. The number of hydrogen-bond donors (Lipinski definition) is 1. The summed E-state index contributed by atoms with van der Waals surface area (Å²) in [5, 5.41) is 10.9. The molecule has 3 aromatic rings. The van der Waals surface area contributed by atoms with E-state index < -0.39 is 0 Å². The van der Waals surface area contributed by atoms with Crippen LogP contribution in [0.3, 0.4) is 0 Å². The largest absolute Gasteiger partial charge is 0.497 e. The molecule has 0 radical (unpaired) electrons. The predicted molar refractivity (Wildman–Crippen MR) is 95.0 cm³/mol. The summed E-state index contributed by atoms with van der Waals surface area (Å²) >= 11 is 0. The van der Waals surface area contributed by atoms with Crippen molar-refractivity contribution < 1.29 is 9.53 Å². The summed E-state index contributed by atoms with van der Waals surface area (Å²) in [6.45, 7) is 4.49. The lowest BCUT2D eigenvalue weighted by Gasteiger charge is -2.05. The minimum Gasteiger partial charge on any atom is -0.497 e. The Kier molecular flexibility index (Phi) is 4.79. The first-order chi connectivity index (χ1) is 12.1. The highest BCUT2D eigenvalue weighted by Crippen LogP contribution is 2.14. The first-order valence-electron chi connectivity index (χ1n) is 7.98. The van der Waals surface area contributed by atoms with E-state index >= 15 is 0 Å². The molecule has 1 N–H and O–H groups in total. The fourth-order valence-corrected chi connectivity index (χ4v) is 2.42. The lowest BCUT2D eigenvalue weighted by molar-refractivity contribution is 0.0946. The van der Waals surface area contributed by atoms with Gasteiger partial charge in [-0.05, 0) is 54.8 Å². The number of amides is 1. The maximum absolute atomic E-state index is 12.3. The van der Waals surface area contributed by atoms with Crippen LogP contribution in [0.5, 0.6) is 5.75 Å². The number of aromatic nitrogens is 3. The molecule has 3 rings (SSSR count). The monoisotopic (exact) mass is 336 g/mol. The summed E-state index contributed by atoms with van der Waals surface area (Å²) in [5.41, 5.74) is 4.48. The molecule has 1 amide bonds. The third kappa shape index (κ3) is 3.85. The highest BCUT2D eigenvalue weighted by atomic mass is 16.5. The Morgan fingerprint density at radius 2 is 2.00 bits per heavy atom. The van der Waals surface area contributed by atoms with Crippen molar-refractivity contribution in [2.45, 2.75) is 20.4 Å². The minimum atomic E-state index is -0.266. The lowest BCUT2D eigenvalue weighted by Crippen LogP contribution is -2.23. The van der Waals surface area contributed by atoms with Crippen LogP contribution >= 0.6 is 0 Å². The third-order valence-electron chi connectivity index (χ3n) is 4.07. The molecule has 1 aromatic heterocycles. The van der Waals surface area contributed by atoms with E-state index in [4.69, 9.17) is 4.74 Å². The third-order valence-corrected chi connectivity index (χ3v) is 4.07. The molecule has 0 saturated carbocycles. The molecule has 2 aromatic carbocycles. The number of aryl methyl sites for hydroxylation is 2. The number of carbonyl (C=O) groups excluding carboxylic acids is 1. The number of benzene rings is 2. The molecule has 0 saturated heterocycles. The minimum absolute atomic E-state index is 0.266. The summed E-state index contributed by atoms with van der Waals surface area (Å²) < 4.78 is 6.78. The van der Waals surface area contributed by atoms with Gasteiger partial charge in [0, 0.05) is 6.54 Å². The number of carbonyl (C=O) groups is 1. The summed E-state index contributed by atoms with van der Waals surface area (Å²) in [7, 11) is 1.61. The lowest BCUT2D eigenvalue weighted by atomic mass is 10.1. The predicted octanol–water partition coefficient (Wildman–Crippen LogP) is 2.82. The van der Waals surface area contributed by atoms with Crippen LogP contribution < -0.4 is 10.1 Å². The molecule has 128 valence electrons. The quantitative estimate of drug-likeness (QED) is 0.778. The maximum atomic E-state index is 12.3. The SMILES string of the molecule is COc1cccc(CNC(=O)c2cn(-c3ccc(C)c(C)c3)nn2)c1. The number of hydrogen-bond acceptors (Lipinski definition) is 4. The van der Waals surface area contributed by atoms with E-state index in [0.717, 1.165) is 22.6 Å². The zero-order chi connectivity index (χ0) is 17.8. The van der Waals surface area contributed by atoms with Crippen LogP contribution in [0.15, 0.2) is 48.7 Å². The summed E-state index contributed by atoms with van der Waals surface area (Å²) in [4.78, 5) is 12.3. The van der Waals surface area contributed by atoms with Crippen LogP contribution in [0.4, 0.5) is 0 Å². The van der Waals surface area contributed by atoms with Crippen LogP contribution in [0.1, 0.15) is 27.2 Å². The number of ether oxygens (including phenoxy) is 1. The molecule has 0 unspecified atom stereocenters. The fraction of sp³-hybridized carbons (Fsp3) is 0.211. The van der Waals surface area contributed by atoms with E-state index in [1.807, 2.05) is 49.4 Å². The van der Waals surface area contributed by atoms with Gasteiger partial charge in [-0.3, -0.25) is 4.79 Å². The van der Waals surface area contributed by atoms with Gasteiger partial charge in [-0.15, -0.1) is 5.10 Å². The van der Waals surface area contributed by atoms with Crippen molar-refractivity contribution in [2.75, 3.05) is 7.11 Å². The van der Waals surface area contributed by atoms with E-state index in [0.29, 0.717) is 6.54 Å². The zero-order valence-electron chi connectivity index (χ0n) is 14.5. The van der Waals surface area contributed by atoms with Crippen molar-refractivity contribution in [1.82, 2.24) is 20.3 Å². The Morgan fingerprint density at radius 3 is 2.76 bits per heavy atom. The van der Waals surface area contributed by atoms with Gasteiger partial charge >= 0.3 is 0 Å². The molecule has 0 atom stereocenters. The fourth-order valence-electron chi connectivity index (χ4n) is 2.42. The average molecular weight is 336 g/mol. The average Bonchev–Trinajstić information content (AvgIpc) is 3.12. The van der Waals surface area contributed by atoms with Gasteiger partial charge in [0.15, 0.2) is 5.69 Å². The maximum Gasteiger partial charge on any atom is 0.273 e. The molecule has 0 spiro atoms. The van der Waals surface area contributed by atoms with Gasteiger partial charge in [0.1, 0.15) is 5.75 Å². The van der Waals surface area contributed by atoms with E-state index in [9.17, 15) is 4.79 Å². The first-order valence-corrected chi connectivity index (χ1v) is 7.98. The van der Waals surface area contributed by atoms with Gasteiger partial charge < -0.3 is 10.1 Å². The van der Waals surface area contributed by atoms with Crippen LogP contribution in [-0.2, 0) is 6.54 Å². The molecule has 0 aliphatic rings. The highest BCUT2D eigenvalue weighted by Gasteiger charge is 2.11. The van der Waals surface area contributed by atoms with Gasteiger partial charge in [0.25, 0.3) is 5.91 Å². The molecule has 0 aliphatic heterocycles. The summed E-state index contributed by atoms with van der Waals surface area (Å²) in [5.74, 6) is 0.491. The number of methoxy groups -OCH3 is 1. The van der Waals surface area contributed by atoms with E-state index in [1.165, 1.54) is 5.56 Å². The van der Waals surface area contributed by atoms with Crippen LogP contribution in [0.25, 0.3) is 5.69 Å². The van der Waals surface area contributed by atoms with Crippen molar-refractivity contribution in [3.8, 4) is 11.4 Å². The topological polar surface area (TPSA) is 69.0 Å². The van der Waals surface area contributed by atoms with Crippen molar-refractivity contribution in [3.05, 3.63) is 71.0 Å². The van der Waals surface area contributed by atoms with Gasteiger partial charge in [0.05, 0.1) is 19.0 Å². The van der Waals surface area contributed by atoms with E-state index in [2.05, 4.69) is 22.6 Å². The molecule has 1 heterocycles. The smallest absolute Gasteiger partial charge is 0.273 e. The second kappa shape index (κ2) is 7.17. The van der Waals surface area contributed by atoms with Gasteiger partial charge in [0.2, 0.25) is 0 Å². The Labute approximate surface area is 146 Å². The van der Waals surface area contributed by atoms with E-state index in [1.54, 1.807) is 18.0 Å². The molecule has 0 aliphatic carbocycles. The standard InChI is InChI=1S/C19H20N4O2/c1-13-7-8-16(9-14(13)2)23-12-18(21-22-23)19(24)20-11-15-5-4-6-17(10-15)25-3/h4-10,12H,11H2,1-3H3,(H,20,24). The second-order valence-electron chi connectivity index (χ2n) is 5.85. The van der Waals surface area contributed by atoms with Crippen LogP contribution in [0, 0.1) is 13.8 Å². The van der Waals surface area contributed by atoms with Crippen LogP contribution in [-0.4, -0.2) is 28.0 Å². The van der Waals surface area contributed by atoms with Gasteiger partial charge in [-0.1, -0.05) is 23.4 Å². The summed E-state index contributed by atoms with van der Waals surface area (Å²) in [6.07, 6.45) is 1.63. The molecule has 6 nitrogen and oxygen atoms in total. The van der Waals surface area contributed by atoms with E-state index in [-0.39, 0.29) is 11.6 Å². The van der Waals surface area contributed by atoms with Crippen molar-refractivity contribution >= 4 is 5.91 Å². The summed E-state index contributed by atoms with van der Waals surface area (Å²) in [6, 6.07) is 13.5. The van der Waals surface area contributed by atoms with Crippen LogP contribution in [0.2, 0.25) is 0 Å². The van der Waals surface area contributed by atoms with Gasteiger partial charge in [-0.25, -0.2) is 4.68 Å². The second-order valence-corrected chi connectivity index (χ2v) is 5.85. The molecule has 0 bridgehead atoms. The zero-order valence-corrected chi connectivity index (χ0v) is 14.5. The number of rotatable bonds is 5. The Morgan fingerprint density at radius 1 is 1.16 bits per heavy atom. The van der Waals surface area contributed by atoms with Crippen molar-refractivity contribution in [3.63, 3.8) is 0 Å². The number of nitrogens with one attached hydrogen (secondary N) is 1. The molecule has 25 heavy (non-hydrogen) atoms. The van der Waals surface area contributed by atoms with Crippen molar-refractivity contribution in [2.24, 2.45) is 0 Å². The van der Waals surface area contributed by atoms with Gasteiger partial charge in [-0.2, -0.15) is 0 Å².